The number of aromatic nitrogens is 2. The van der Waals surface area contributed by atoms with Gasteiger partial charge in [0, 0.05) is 6.07 Å². The Bertz CT molecular complexity index is 764. The molecule has 3 N–H and O–H groups in total. The minimum absolute atomic E-state index is 0.444. The SMILES string of the molecule is O=C(Nc1ccccc1C(F)(F)F)c1cc(=O)[nH]c(=O)[nH]1. The minimum Gasteiger partial charge on any atom is -0.320 e. The normalized spacial score (nSPS) is 11.2. The zero-order valence-corrected chi connectivity index (χ0v) is 10.2. The van der Waals surface area contributed by atoms with Crippen LogP contribution in [0.25, 0.3) is 0 Å². The van der Waals surface area contributed by atoms with Crippen LogP contribution in [0.2, 0.25) is 0 Å². The molecule has 0 aliphatic carbocycles. The van der Waals surface area contributed by atoms with Crippen molar-refractivity contribution < 1.29 is 18.0 Å². The fourth-order valence-electron chi connectivity index (χ4n) is 1.62. The molecule has 0 aliphatic heterocycles. The Morgan fingerprint density at radius 1 is 1.10 bits per heavy atom. The van der Waals surface area contributed by atoms with E-state index in [9.17, 15) is 27.6 Å². The van der Waals surface area contributed by atoms with Crippen LogP contribution in [-0.4, -0.2) is 15.9 Å². The van der Waals surface area contributed by atoms with Gasteiger partial charge in [0.05, 0.1) is 11.3 Å². The molecule has 0 fully saturated rings. The van der Waals surface area contributed by atoms with E-state index in [0.717, 1.165) is 18.2 Å². The van der Waals surface area contributed by atoms with Gasteiger partial charge in [-0.2, -0.15) is 13.2 Å². The highest BCUT2D eigenvalue weighted by Gasteiger charge is 2.33. The number of hydrogen-bond donors (Lipinski definition) is 3. The molecule has 110 valence electrons. The van der Waals surface area contributed by atoms with E-state index in [2.05, 4.69) is 0 Å². The lowest BCUT2D eigenvalue weighted by molar-refractivity contribution is -0.136. The molecule has 0 atom stereocenters. The molecule has 1 aromatic heterocycles. The van der Waals surface area contributed by atoms with E-state index in [1.165, 1.54) is 12.1 Å². The summed E-state index contributed by atoms with van der Waals surface area (Å²) < 4.78 is 38.3. The summed E-state index contributed by atoms with van der Waals surface area (Å²) in [6.07, 6.45) is -4.65. The Labute approximate surface area is 114 Å². The third kappa shape index (κ3) is 3.38. The van der Waals surface area contributed by atoms with E-state index in [4.69, 9.17) is 0 Å². The molecule has 1 amide bonds. The van der Waals surface area contributed by atoms with Gasteiger partial charge in [0.25, 0.3) is 11.5 Å². The summed E-state index contributed by atoms with van der Waals surface area (Å²) in [5, 5.41) is 2.01. The molecule has 2 aromatic rings. The molecular weight excluding hydrogens is 291 g/mol. The van der Waals surface area contributed by atoms with Gasteiger partial charge in [0.2, 0.25) is 0 Å². The molecule has 2 rings (SSSR count). The van der Waals surface area contributed by atoms with E-state index in [-0.39, 0.29) is 0 Å². The van der Waals surface area contributed by atoms with Crippen LogP contribution in [0.5, 0.6) is 0 Å². The van der Waals surface area contributed by atoms with Crippen molar-refractivity contribution in [2.75, 3.05) is 5.32 Å². The first kappa shape index (κ1) is 14.6. The van der Waals surface area contributed by atoms with Gasteiger partial charge in [0.1, 0.15) is 5.69 Å². The van der Waals surface area contributed by atoms with Gasteiger partial charge < -0.3 is 10.3 Å². The lowest BCUT2D eigenvalue weighted by Gasteiger charge is -2.13. The highest BCUT2D eigenvalue weighted by atomic mass is 19.4. The van der Waals surface area contributed by atoms with Crippen LogP contribution in [0.4, 0.5) is 18.9 Å². The summed E-state index contributed by atoms with van der Waals surface area (Å²) in [7, 11) is 0. The Morgan fingerprint density at radius 3 is 2.38 bits per heavy atom. The van der Waals surface area contributed by atoms with Crippen LogP contribution in [0.3, 0.4) is 0 Å². The Kier molecular flexibility index (Phi) is 3.66. The molecule has 0 spiro atoms. The van der Waals surface area contributed by atoms with Crippen LogP contribution in [0.15, 0.2) is 39.9 Å². The third-order valence-corrected chi connectivity index (χ3v) is 2.49. The number of carbonyl (C=O) groups excluding carboxylic acids is 1. The van der Waals surface area contributed by atoms with Crippen molar-refractivity contribution >= 4 is 11.6 Å². The van der Waals surface area contributed by atoms with Crippen molar-refractivity contribution in [3.05, 3.63) is 62.4 Å². The number of benzene rings is 1. The standard InChI is InChI=1S/C12H8F3N3O3/c13-12(14,15)6-3-1-2-4-7(6)16-10(20)8-5-9(19)18-11(21)17-8/h1-5H,(H,16,20)(H2,17,18,19,21). The lowest BCUT2D eigenvalue weighted by Crippen LogP contribution is -2.27. The molecule has 9 heteroatoms. The molecule has 21 heavy (non-hydrogen) atoms. The fraction of sp³-hybridized carbons (Fsp3) is 0.0833. The fourth-order valence-corrected chi connectivity index (χ4v) is 1.62. The average Bonchev–Trinajstić information content (AvgIpc) is 2.37. The average molecular weight is 299 g/mol. The Hall–Kier alpha value is -2.84. The molecule has 0 bridgehead atoms. The first-order valence-corrected chi connectivity index (χ1v) is 5.58. The number of amides is 1. The third-order valence-electron chi connectivity index (χ3n) is 2.49. The number of hydrogen-bond acceptors (Lipinski definition) is 3. The topological polar surface area (TPSA) is 94.8 Å². The van der Waals surface area contributed by atoms with E-state index < -0.39 is 40.3 Å². The van der Waals surface area contributed by atoms with Crippen LogP contribution < -0.4 is 16.6 Å². The quantitative estimate of drug-likeness (QED) is 0.780. The molecule has 0 aliphatic rings. The predicted octanol–water partition coefficient (Wildman–Crippen LogP) is 1.33. The van der Waals surface area contributed by atoms with Crippen molar-refractivity contribution in [3.8, 4) is 0 Å². The smallest absolute Gasteiger partial charge is 0.320 e. The van der Waals surface area contributed by atoms with Crippen molar-refractivity contribution in [2.45, 2.75) is 6.18 Å². The number of nitrogens with one attached hydrogen (secondary N) is 3. The second-order valence-electron chi connectivity index (χ2n) is 4.00. The maximum absolute atomic E-state index is 12.8. The number of anilines is 1. The number of carbonyl (C=O) groups is 1. The number of alkyl halides is 3. The number of rotatable bonds is 2. The zero-order chi connectivity index (χ0) is 15.6. The molecule has 1 heterocycles. The number of aromatic amines is 2. The van der Waals surface area contributed by atoms with E-state index in [0.29, 0.717) is 0 Å². The summed E-state index contributed by atoms with van der Waals surface area (Å²) in [4.78, 5) is 37.7. The largest absolute Gasteiger partial charge is 0.418 e. The highest BCUT2D eigenvalue weighted by Crippen LogP contribution is 2.34. The molecule has 6 nitrogen and oxygen atoms in total. The summed E-state index contributed by atoms with van der Waals surface area (Å²) in [6.45, 7) is 0. The Balaban J connectivity index is 2.37. The number of halogens is 3. The van der Waals surface area contributed by atoms with Crippen molar-refractivity contribution in [1.82, 2.24) is 9.97 Å². The number of H-pyrrole nitrogens is 2. The van der Waals surface area contributed by atoms with E-state index >= 15 is 0 Å². The number of para-hydroxylation sites is 1. The Morgan fingerprint density at radius 2 is 1.76 bits per heavy atom. The van der Waals surface area contributed by atoms with Crippen molar-refractivity contribution in [3.63, 3.8) is 0 Å². The maximum atomic E-state index is 12.8. The molecule has 0 saturated heterocycles. The summed E-state index contributed by atoms with van der Waals surface area (Å²) >= 11 is 0. The summed E-state index contributed by atoms with van der Waals surface area (Å²) in [6, 6.07) is 5.12. The summed E-state index contributed by atoms with van der Waals surface area (Å²) in [5.74, 6) is -1.03. The second kappa shape index (κ2) is 5.27. The molecular formula is C12H8F3N3O3. The van der Waals surface area contributed by atoms with Gasteiger partial charge in [0.15, 0.2) is 0 Å². The van der Waals surface area contributed by atoms with Crippen molar-refractivity contribution in [2.24, 2.45) is 0 Å². The van der Waals surface area contributed by atoms with Crippen LogP contribution in [0.1, 0.15) is 16.1 Å². The second-order valence-corrected chi connectivity index (χ2v) is 4.00. The van der Waals surface area contributed by atoms with E-state index in [1.54, 1.807) is 0 Å². The molecule has 0 unspecified atom stereocenters. The van der Waals surface area contributed by atoms with Gasteiger partial charge in [-0.1, -0.05) is 12.1 Å². The van der Waals surface area contributed by atoms with Crippen molar-refractivity contribution in [1.29, 1.82) is 0 Å². The zero-order valence-electron chi connectivity index (χ0n) is 10.2. The molecule has 0 radical (unpaired) electrons. The predicted molar refractivity (Wildman–Crippen MR) is 67.1 cm³/mol. The van der Waals surface area contributed by atoms with Crippen LogP contribution >= 0.6 is 0 Å². The van der Waals surface area contributed by atoms with Crippen LogP contribution in [0, 0.1) is 0 Å². The minimum atomic E-state index is -4.65. The molecule has 1 aromatic carbocycles. The van der Waals surface area contributed by atoms with Gasteiger partial charge >= 0.3 is 11.9 Å². The highest BCUT2D eigenvalue weighted by molar-refractivity contribution is 6.03. The summed E-state index contributed by atoms with van der Waals surface area (Å²) in [5.41, 5.74) is -3.73. The maximum Gasteiger partial charge on any atom is 0.418 e. The van der Waals surface area contributed by atoms with Gasteiger partial charge in [-0.15, -0.1) is 0 Å². The first-order chi connectivity index (χ1) is 9.77. The van der Waals surface area contributed by atoms with Gasteiger partial charge in [-0.05, 0) is 12.1 Å². The van der Waals surface area contributed by atoms with Crippen LogP contribution in [-0.2, 0) is 6.18 Å². The lowest BCUT2D eigenvalue weighted by atomic mass is 10.1. The van der Waals surface area contributed by atoms with Gasteiger partial charge in [-0.3, -0.25) is 14.6 Å². The van der Waals surface area contributed by atoms with Gasteiger partial charge in [-0.25, -0.2) is 4.79 Å². The first-order valence-electron chi connectivity index (χ1n) is 5.58. The monoisotopic (exact) mass is 299 g/mol. The molecule has 0 saturated carbocycles. The van der Waals surface area contributed by atoms with E-state index in [1.807, 2.05) is 15.3 Å².